The molecule has 0 aliphatic heterocycles. The van der Waals surface area contributed by atoms with Crippen LogP contribution in [0.25, 0.3) is 0 Å². The fourth-order valence-corrected chi connectivity index (χ4v) is 1.06. The van der Waals surface area contributed by atoms with Gasteiger partial charge in [-0.1, -0.05) is 5.46 Å². The van der Waals surface area contributed by atoms with Crippen molar-refractivity contribution >= 4 is 12.4 Å². The predicted octanol–water partition coefficient (Wildman–Crippen LogP) is 1.27. The number of hydrogen-bond donors (Lipinski definition) is 0. The predicted molar refractivity (Wildman–Crippen MR) is 39.2 cm³/mol. The molecule has 1 heterocycles. The summed E-state index contributed by atoms with van der Waals surface area (Å²) in [7, 11) is 0. The van der Waals surface area contributed by atoms with Gasteiger partial charge in [0.05, 0.1) is 6.04 Å². The monoisotopic (exact) mass is 175 g/mol. The highest BCUT2D eigenvalue weighted by Crippen LogP contribution is 2.33. The Bertz CT molecular complexity index is 289. The first-order valence-electron chi connectivity index (χ1n) is 3.81. The van der Waals surface area contributed by atoms with Gasteiger partial charge >= 0.3 is 6.98 Å². The molecule has 0 spiro atoms. The van der Waals surface area contributed by atoms with Gasteiger partial charge in [-0.25, -0.2) is 0 Å². The molecule has 12 heavy (non-hydrogen) atoms. The lowest BCUT2D eigenvalue weighted by atomic mass is 9.83. The van der Waals surface area contributed by atoms with Gasteiger partial charge in [0.1, 0.15) is 0 Å². The van der Waals surface area contributed by atoms with Crippen LogP contribution in [-0.4, -0.2) is 16.8 Å². The van der Waals surface area contributed by atoms with E-state index in [0.29, 0.717) is 0 Å². The maximum Gasteiger partial charge on any atom is 0.512 e. The minimum absolute atomic E-state index is 0.219. The summed E-state index contributed by atoms with van der Waals surface area (Å²) in [4.78, 5) is 0. The van der Waals surface area contributed by atoms with E-state index in [1.54, 1.807) is 0 Å². The molecule has 0 bridgehead atoms. The van der Waals surface area contributed by atoms with E-state index in [4.69, 9.17) is 0 Å². The fourth-order valence-electron chi connectivity index (χ4n) is 1.06. The molecule has 66 valence electrons. The van der Waals surface area contributed by atoms with Crippen LogP contribution in [0.4, 0.5) is 12.9 Å². The van der Waals surface area contributed by atoms with Crippen molar-refractivity contribution in [1.29, 1.82) is 0 Å². The highest BCUT2D eigenvalue weighted by Gasteiger charge is 2.30. The van der Waals surface area contributed by atoms with Crippen LogP contribution >= 0.6 is 0 Å². The van der Waals surface area contributed by atoms with Gasteiger partial charge in [0.15, 0.2) is 0 Å². The molecular formula is C6H7BF3N2-. The average molecular weight is 175 g/mol. The van der Waals surface area contributed by atoms with E-state index in [1.807, 2.05) is 0 Å². The number of aromatic nitrogens is 2. The van der Waals surface area contributed by atoms with Gasteiger partial charge in [0.25, 0.3) is 0 Å². The second-order valence-electron chi connectivity index (χ2n) is 3.06. The van der Waals surface area contributed by atoms with Crippen LogP contribution in [0, 0.1) is 0 Å². The van der Waals surface area contributed by atoms with Gasteiger partial charge in [0.2, 0.25) is 0 Å². The minimum atomic E-state index is -4.87. The second-order valence-corrected chi connectivity index (χ2v) is 3.06. The summed E-state index contributed by atoms with van der Waals surface area (Å²) in [5.41, 5.74) is -0.595. The van der Waals surface area contributed by atoms with Crippen molar-refractivity contribution in [1.82, 2.24) is 9.78 Å². The van der Waals surface area contributed by atoms with E-state index in [-0.39, 0.29) is 6.04 Å². The highest BCUT2D eigenvalue weighted by molar-refractivity contribution is 6.73. The fraction of sp³-hybridized carbons (Fsp3) is 0.500. The van der Waals surface area contributed by atoms with E-state index in [9.17, 15) is 12.9 Å². The molecule has 1 aromatic heterocycles. The Morgan fingerprint density at radius 2 is 2.08 bits per heavy atom. The van der Waals surface area contributed by atoms with Crippen molar-refractivity contribution in [3.8, 4) is 0 Å². The summed E-state index contributed by atoms with van der Waals surface area (Å²) in [6.07, 6.45) is 3.90. The first-order valence-corrected chi connectivity index (χ1v) is 3.81. The number of nitrogens with zero attached hydrogens (tertiary/aromatic N) is 2. The van der Waals surface area contributed by atoms with E-state index < -0.39 is 12.4 Å². The maximum absolute atomic E-state index is 12.1. The molecule has 2 rings (SSSR count). The van der Waals surface area contributed by atoms with E-state index in [1.165, 1.54) is 4.68 Å². The van der Waals surface area contributed by atoms with E-state index in [0.717, 1.165) is 25.2 Å². The molecule has 1 fully saturated rings. The summed E-state index contributed by atoms with van der Waals surface area (Å²) in [6, 6.07) is 0.219. The van der Waals surface area contributed by atoms with Crippen LogP contribution in [0.3, 0.4) is 0 Å². The van der Waals surface area contributed by atoms with Gasteiger partial charge in [-0.2, -0.15) is 5.10 Å². The van der Waals surface area contributed by atoms with Gasteiger partial charge in [0, 0.05) is 6.20 Å². The van der Waals surface area contributed by atoms with E-state index in [2.05, 4.69) is 5.10 Å². The Morgan fingerprint density at radius 3 is 2.50 bits per heavy atom. The third-order valence-electron chi connectivity index (χ3n) is 1.92. The molecular weight excluding hydrogens is 168 g/mol. The smallest absolute Gasteiger partial charge is 0.445 e. The van der Waals surface area contributed by atoms with Crippen molar-refractivity contribution < 1.29 is 12.9 Å². The molecule has 0 atom stereocenters. The van der Waals surface area contributed by atoms with Crippen molar-refractivity contribution in [3.05, 3.63) is 12.4 Å². The van der Waals surface area contributed by atoms with E-state index >= 15 is 0 Å². The first-order chi connectivity index (χ1) is 5.57. The Labute approximate surface area is 67.4 Å². The zero-order chi connectivity index (χ0) is 8.77. The molecule has 0 amide bonds. The summed E-state index contributed by atoms with van der Waals surface area (Å²) in [6.45, 7) is -4.87. The summed E-state index contributed by atoms with van der Waals surface area (Å²) in [5.74, 6) is 0. The molecule has 6 heteroatoms. The standard InChI is InChI=1S/C6H7BF3N2/c8-7(9,10)5-3-11-12(4-5)6-1-2-6/h3-4,6H,1-2H2/q-1. The largest absolute Gasteiger partial charge is 0.512 e. The zero-order valence-corrected chi connectivity index (χ0v) is 6.25. The Balaban J connectivity index is 2.23. The molecule has 0 radical (unpaired) electrons. The Kier molecular flexibility index (Phi) is 1.46. The molecule has 2 nitrogen and oxygen atoms in total. The van der Waals surface area contributed by atoms with Crippen molar-refractivity contribution in [2.45, 2.75) is 18.9 Å². The van der Waals surface area contributed by atoms with Crippen LogP contribution in [0.15, 0.2) is 12.4 Å². The number of halogens is 3. The SMILES string of the molecule is F[B-](F)(F)c1cnn(C2CC2)c1. The van der Waals surface area contributed by atoms with Crippen LogP contribution in [0.1, 0.15) is 18.9 Å². The van der Waals surface area contributed by atoms with Crippen LogP contribution in [-0.2, 0) is 0 Å². The lowest BCUT2D eigenvalue weighted by Gasteiger charge is -2.09. The second kappa shape index (κ2) is 2.28. The number of hydrogen-bond acceptors (Lipinski definition) is 1. The van der Waals surface area contributed by atoms with Crippen molar-refractivity contribution in [3.63, 3.8) is 0 Å². The molecule has 1 aliphatic rings. The molecule has 1 aliphatic carbocycles. The topological polar surface area (TPSA) is 17.8 Å². The van der Waals surface area contributed by atoms with Crippen LogP contribution in [0.5, 0.6) is 0 Å². The molecule has 0 N–H and O–H groups in total. The number of rotatable bonds is 2. The lowest BCUT2D eigenvalue weighted by Crippen LogP contribution is -2.32. The molecule has 1 saturated carbocycles. The summed E-state index contributed by atoms with van der Waals surface area (Å²) in [5, 5.41) is 3.66. The first kappa shape index (κ1) is 7.70. The Hall–Kier alpha value is -0.935. The van der Waals surface area contributed by atoms with Crippen molar-refractivity contribution in [2.75, 3.05) is 0 Å². The lowest BCUT2D eigenvalue weighted by molar-refractivity contribution is 0.501. The third-order valence-corrected chi connectivity index (χ3v) is 1.92. The van der Waals surface area contributed by atoms with Crippen LogP contribution in [0.2, 0.25) is 0 Å². The van der Waals surface area contributed by atoms with Gasteiger partial charge in [-0.15, -0.1) is 0 Å². The van der Waals surface area contributed by atoms with Gasteiger partial charge in [-0.05, 0) is 19.0 Å². The van der Waals surface area contributed by atoms with Crippen molar-refractivity contribution in [2.24, 2.45) is 0 Å². The molecule has 1 aromatic rings. The summed E-state index contributed by atoms with van der Waals surface area (Å²) < 4.78 is 37.7. The molecule has 0 saturated heterocycles. The third kappa shape index (κ3) is 1.33. The highest BCUT2D eigenvalue weighted by atomic mass is 19.4. The minimum Gasteiger partial charge on any atom is -0.445 e. The Morgan fingerprint density at radius 1 is 1.42 bits per heavy atom. The van der Waals surface area contributed by atoms with Crippen LogP contribution < -0.4 is 5.46 Å². The maximum atomic E-state index is 12.1. The van der Waals surface area contributed by atoms with Gasteiger partial charge in [-0.3, -0.25) is 4.68 Å². The zero-order valence-electron chi connectivity index (χ0n) is 6.25. The van der Waals surface area contributed by atoms with Gasteiger partial charge < -0.3 is 12.9 Å². The quantitative estimate of drug-likeness (QED) is 0.618. The molecule has 0 aromatic carbocycles. The average Bonchev–Trinajstić information content (AvgIpc) is 2.66. The summed E-state index contributed by atoms with van der Waals surface area (Å²) >= 11 is 0. The molecule has 0 unspecified atom stereocenters. The normalized spacial score (nSPS) is 18.2.